The predicted octanol–water partition coefficient (Wildman–Crippen LogP) is 2.97. The van der Waals surface area contributed by atoms with Crippen LogP contribution in [0.25, 0.3) is 0 Å². The lowest BCUT2D eigenvalue weighted by atomic mass is 10.1. The Labute approximate surface area is 108 Å². The molecule has 0 aliphatic heterocycles. The van der Waals surface area contributed by atoms with Crippen LogP contribution < -0.4 is 10.5 Å². The average Bonchev–Trinajstić information content (AvgIpc) is 2.25. The number of nitrogens with zero attached hydrogens (tertiary/aromatic N) is 1. The van der Waals surface area contributed by atoms with E-state index in [0.29, 0.717) is 11.4 Å². The first kappa shape index (κ1) is 14.6. The molecular weight excluding hydrogens is 321 g/mol. The fourth-order valence-corrected chi connectivity index (χ4v) is 1.40. The molecule has 0 radical (unpaired) electrons. The molecule has 2 N–H and O–H groups in total. The minimum absolute atomic E-state index is 0.0817. The van der Waals surface area contributed by atoms with Gasteiger partial charge in [0, 0.05) is 5.33 Å². The van der Waals surface area contributed by atoms with Gasteiger partial charge in [0.05, 0.1) is 23.2 Å². The number of hydrogen-bond donors (Lipinski definition) is 1. The van der Waals surface area contributed by atoms with Crippen LogP contribution in [0, 0.1) is 10.1 Å². The number of benzene rings is 1. The highest BCUT2D eigenvalue weighted by molar-refractivity contribution is 9.09. The molecule has 1 aromatic carbocycles. The Bertz CT molecular complexity index is 465. The SMILES string of the molecule is Nc1c([N+](=O)[O-])cc(OCCBr)cc1C(F)(F)F. The summed E-state index contributed by atoms with van der Waals surface area (Å²) in [6.07, 6.45) is -4.78. The van der Waals surface area contributed by atoms with Crippen molar-refractivity contribution in [2.24, 2.45) is 0 Å². The number of nitrogens with two attached hydrogens (primary N) is 1. The Morgan fingerprint density at radius 1 is 1.44 bits per heavy atom. The third-order valence-electron chi connectivity index (χ3n) is 1.98. The van der Waals surface area contributed by atoms with Gasteiger partial charge in [0.2, 0.25) is 0 Å². The molecule has 0 aliphatic rings. The summed E-state index contributed by atoms with van der Waals surface area (Å²) in [4.78, 5) is 9.64. The van der Waals surface area contributed by atoms with Crippen LogP contribution in [0.1, 0.15) is 5.56 Å². The lowest BCUT2D eigenvalue weighted by Crippen LogP contribution is -2.11. The van der Waals surface area contributed by atoms with Crippen molar-refractivity contribution in [1.29, 1.82) is 0 Å². The summed E-state index contributed by atoms with van der Waals surface area (Å²) in [7, 11) is 0. The van der Waals surface area contributed by atoms with E-state index in [4.69, 9.17) is 10.5 Å². The molecule has 0 unspecified atom stereocenters. The van der Waals surface area contributed by atoms with E-state index in [9.17, 15) is 23.3 Å². The number of rotatable bonds is 4. The Kier molecular flexibility index (Phi) is 4.38. The van der Waals surface area contributed by atoms with Gasteiger partial charge in [-0.25, -0.2) is 0 Å². The van der Waals surface area contributed by atoms with Crippen LogP contribution in [0.15, 0.2) is 12.1 Å². The molecule has 0 bridgehead atoms. The minimum Gasteiger partial charge on any atom is -0.492 e. The van der Waals surface area contributed by atoms with Crippen molar-refractivity contribution in [3.63, 3.8) is 0 Å². The molecule has 0 heterocycles. The second-order valence-corrected chi connectivity index (χ2v) is 3.99. The van der Waals surface area contributed by atoms with Crippen LogP contribution in [-0.4, -0.2) is 16.9 Å². The Morgan fingerprint density at radius 3 is 2.50 bits per heavy atom. The molecule has 9 heteroatoms. The van der Waals surface area contributed by atoms with Crippen molar-refractivity contribution >= 4 is 27.3 Å². The zero-order valence-electron chi connectivity index (χ0n) is 8.83. The standard InChI is InChI=1S/C9H8BrF3N2O3/c10-1-2-18-5-3-6(9(11,12)13)8(14)7(4-5)15(16)17/h3-4H,1-2,14H2. The highest BCUT2D eigenvalue weighted by Crippen LogP contribution is 2.40. The molecule has 0 aliphatic carbocycles. The number of nitrogen functional groups attached to an aromatic ring is 1. The molecular formula is C9H8BrF3N2O3. The summed E-state index contributed by atoms with van der Waals surface area (Å²) in [5.74, 6) is -0.248. The van der Waals surface area contributed by atoms with E-state index in [2.05, 4.69) is 15.9 Å². The highest BCUT2D eigenvalue weighted by atomic mass is 79.9. The van der Waals surface area contributed by atoms with Gasteiger partial charge in [0.25, 0.3) is 5.69 Å². The molecule has 0 amide bonds. The zero-order valence-corrected chi connectivity index (χ0v) is 10.4. The molecule has 100 valence electrons. The van der Waals surface area contributed by atoms with Gasteiger partial charge in [-0.15, -0.1) is 0 Å². The molecule has 0 saturated carbocycles. The van der Waals surface area contributed by atoms with E-state index < -0.39 is 28.0 Å². The van der Waals surface area contributed by atoms with Crippen LogP contribution in [0.5, 0.6) is 5.75 Å². The first-order valence-electron chi connectivity index (χ1n) is 4.61. The number of hydrogen-bond acceptors (Lipinski definition) is 4. The van der Waals surface area contributed by atoms with Crippen molar-refractivity contribution in [1.82, 2.24) is 0 Å². The number of anilines is 1. The fraction of sp³-hybridized carbons (Fsp3) is 0.333. The summed E-state index contributed by atoms with van der Waals surface area (Å²) in [5, 5.41) is 11.0. The van der Waals surface area contributed by atoms with Crippen molar-refractivity contribution in [2.45, 2.75) is 6.18 Å². The highest BCUT2D eigenvalue weighted by Gasteiger charge is 2.37. The van der Waals surface area contributed by atoms with E-state index in [1.54, 1.807) is 0 Å². The normalized spacial score (nSPS) is 11.3. The number of halogens is 4. The molecule has 0 fully saturated rings. The monoisotopic (exact) mass is 328 g/mol. The first-order chi connectivity index (χ1) is 8.27. The maximum absolute atomic E-state index is 12.6. The maximum Gasteiger partial charge on any atom is 0.418 e. The molecule has 1 rings (SSSR count). The van der Waals surface area contributed by atoms with Gasteiger partial charge in [0.1, 0.15) is 11.4 Å². The van der Waals surface area contributed by atoms with E-state index in [1.165, 1.54) is 0 Å². The topological polar surface area (TPSA) is 78.4 Å². The van der Waals surface area contributed by atoms with E-state index in [1.807, 2.05) is 0 Å². The smallest absolute Gasteiger partial charge is 0.418 e. The van der Waals surface area contributed by atoms with E-state index >= 15 is 0 Å². The van der Waals surface area contributed by atoms with Gasteiger partial charge in [-0.3, -0.25) is 10.1 Å². The molecule has 0 atom stereocenters. The van der Waals surface area contributed by atoms with Gasteiger partial charge in [-0.2, -0.15) is 13.2 Å². The molecule has 1 aromatic rings. The molecule has 5 nitrogen and oxygen atoms in total. The van der Waals surface area contributed by atoms with Gasteiger partial charge >= 0.3 is 6.18 Å². The summed E-state index contributed by atoms with van der Waals surface area (Å²) < 4.78 is 42.8. The lowest BCUT2D eigenvalue weighted by molar-refractivity contribution is -0.384. The van der Waals surface area contributed by atoms with Crippen LogP contribution in [0.4, 0.5) is 24.5 Å². The van der Waals surface area contributed by atoms with Crippen molar-refractivity contribution in [2.75, 3.05) is 17.7 Å². The predicted molar refractivity (Wildman–Crippen MR) is 61.8 cm³/mol. The summed E-state index contributed by atoms with van der Waals surface area (Å²) in [5.41, 5.74) is 2.12. The van der Waals surface area contributed by atoms with Crippen LogP contribution >= 0.6 is 15.9 Å². The van der Waals surface area contributed by atoms with Crippen molar-refractivity contribution in [3.8, 4) is 5.75 Å². The molecule has 0 spiro atoms. The van der Waals surface area contributed by atoms with Gasteiger partial charge < -0.3 is 10.5 Å². The van der Waals surface area contributed by atoms with E-state index in [-0.39, 0.29) is 12.4 Å². The number of nitro benzene ring substituents is 1. The van der Waals surface area contributed by atoms with Crippen molar-refractivity contribution < 1.29 is 22.8 Å². The van der Waals surface area contributed by atoms with Crippen molar-refractivity contribution in [3.05, 3.63) is 27.8 Å². The second-order valence-electron chi connectivity index (χ2n) is 3.20. The zero-order chi connectivity index (χ0) is 13.9. The largest absolute Gasteiger partial charge is 0.492 e. The number of ether oxygens (including phenoxy) is 1. The summed E-state index contributed by atoms with van der Waals surface area (Å²) >= 11 is 3.02. The van der Waals surface area contributed by atoms with Crippen LogP contribution in [0.3, 0.4) is 0 Å². The third-order valence-corrected chi connectivity index (χ3v) is 2.30. The minimum atomic E-state index is -4.78. The lowest BCUT2D eigenvalue weighted by Gasteiger charge is -2.12. The Balaban J connectivity index is 3.33. The first-order valence-corrected chi connectivity index (χ1v) is 5.73. The van der Waals surface area contributed by atoms with Gasteiger partial charge in [-0.1, -0.05) is 15.9 Å². The summed E-state index contributed by atoms with van der Waals surface area (Å²) in [6, 6.07) is 1.51. The third kappa shape index (κ3) is 3.25. The van der Waals surface area contributed by atoms with Gasteiger partial charge in [-0.05, 0) is 6.07 Å². The summed E-state index contributed by atoms with van der Waals surface area (Å²) in [6.45, 7) is 0.0817. The Hall–Kier alpha value is -1.51. The van der Waals surface area contributed by atoms with Crippen LogP contribution in [-0.2, 0) is 6.18 Å². The fourth-order valence-electron chi connectivity index (χ4n) is 1.24. The average molecular weight is 329 g/mol. The van der Waals surface area contributed by atoms with E-state index in [0.717, 1.165) is 6.07 Å². The number of nitro groups is 1. The second kappa shape index (κ2) is 5.42. The number of alkyl halides is 4. The van der Waals surface area contributed by atoms with Gasteiger partial charge in [0.15, 0.2) is 0 Å². The Morgan fingerprint density at radius 2 is 2.06 bits per heavy atom. The quantitative estimate of drug-likeness (QED) is 0.399. The van der Waals surface area contributed by atoms with Crippen LogP contribution in [0.2, 0.25) is 0 Å². The molecule has 0 saturated heterocycles. The molecule has 18 heavy (non-hydrogen) atoms. The molecule has 0 aromatic heterocycles. The maximum atomic E-state index is 12.6.